The Labute approximate surface area is 84.7 Å². The second kappa shape index (κ2) is 3.97. The number of nitrogens with two attached hydrogens (primary N) is 1. The fourth-order valence-electron chi connectivity index (χ4n) is 1.60. The molecule has 0 saturated heterocycles. The minimum absolute atomic E-state index is 0.0992. The normalized spacial score (nSPS) is 19.6. The van der Waals surface area contributed by atoms with Crippen LogP contribution in [-0.2, 0) is 4.79 Å². The number of hydrogen-bond acceptors (Lipinski definition) is 3. The Morgan fingerprint density at radius 3 is 2.64 bits per heavy atom. The first-order valence-electron chi connectivity index (χ1n) is 4.91. The fraction of sp³-hybridized carbons (Fsp3) is 0.800. The van der Waals surface area contributed by atoms with E-state index in [1.807, 2.05) is 6.92 Å². The Morgan fingerprint density at radius 1 is 1.71 bits per heavy atom. The van der Waals surface area contributed by atoms with E-state index in [1.54, 1.807) is 11.9 Å². The molecule has 1 rings (SSSR count). The molecule has 4 heteroatoms. The van der Waals surface area contributed by atoms with Crippen LogP contribution in [0.15, 0.2) is 0 Å². The summed E-state index contributed by atoms with van der Waals surface area (Å²) in [5.74, 6) is -0.0142. The maximum atomic E-state index is 11.8. The molecule has 4 nitrogen and oxygen atoms in total. The number of carbonyl (C=O) groups is 1. The number of nitrogens with zero attached hydrogens (tertiary/aromatic N) is 2. The molecule has 0 bridgehead atoms. The van der Waals surface area contributed by atoms with Gasteiger partial charge in [-0.3, -0.25) is 4.79 Å². The second-order valence-electron chi connectivity index (χ2n) is 4.20. The third-order valence-corrected chi connectivity index (χ3v) is 2.81. The highest BCUT2D eigenvalue weighted by Crippen LogP contribution is 2.45. The van der Waals surface area contributed by atoms with Crippen LogP contribution in [0.3, 0.4) is 0 Å². The standard InChI is InChI=1S/C10H17N3O/c1-8(5-11)6-13(2)9(14)10(7-12)3-4-10/h8H,3-4,6-7,12H2,1-2H3. The van der Waals surface area contributed by atoms with Crippen LogP contribution >= 0.6 is 0 Å². The van der Waals surface area contributed by atoms with Gasteiger partial charge in [0.2, 0.25) is 5.91 Å². The lowest BCUT2D eigenvalue weighted by Crippen LogP contribution is -2.39. The molecule has 1 atom stereocenters. The van der Waals surface area contributed by atoms with E-state index in [0.29, 0.717) is 13.1 Å². The molecule has 1 fully saturated rings. The highest BCUT2D eigenvalue weighted by molar-refractivity contribution is 5.85. The first-order valence-corrected chi connectivity index (χ1v) is 4.91. The van der Waals surface area contributed by atoms with Crippen molar-refractivity contribution in [2.45, 2.75) is 19.8 Å². The van der Waals surface area contributed by atoms with Crippen molar-refractivity contribution in [3.05, 3.63) is 0 Å². The molecule has 1 unspecified atom stereocenters. The van der Waals surface area contributed by atoms with Gasteiger partial charge in [0.25, 0.3) is 0 Å². The van der Waals surface area contributed by atoms with Crippen molar-refractivity contribution < 1.29 is 4.79 Å². The van der Waals surface area contributed by atoms with Gasteiger partial charge in [-0.1, -0.05) is 0 Å². The van der Waals surface area contributed by atoms with E-state index < -0.39 is 0 Å². The highest BCUT2D eigenvalue weighted by atomic mass is 16.2. The summed E-state index contributed by atoms with van der Waals surface area (Å²) in [4.78, 5) is 13.5. The van der Waals surface area contributed by atoms with E-state index in [2.05, 4.69) is 6.07 Å². The molecule has 1 saturated carbocycles. The zero-order chi connectivity index (χ0) is 10.8. The van der Waals surface area contributed by atoms with Gasteiger partial charge in [0.05, 0.1) is 17.4 Å². The van der Waals surface area contributed by atoms with Crippen molar-refractivity contribution in [1.29, 1.82) is 5.26 Å². The molecule has 0 heterocycles. The summed E-state index contributed by atoms with van der Waals surface area (Å²) in [7, 11) is 1.74. The molecule has 78 valence electrons. The van der Waals surface area contributed by atoms with Crippen LogP contribution in [0.4, 0.5) is 0 Å². The summed E-state index contributed by atoms with van der Waals surface area (Å²) in [6, 6.07) is 2.12. The summed E-state index contributed by atoms with van der Waals surface area (Å²) in [5, 5.41) is 8.63. The Morgan fingerprint density at radius 2 is 2.29 bits per heavy atom. The molecule has 0 aliphatic heterocycles. The third-order valence-electron chi connectivity index (χ3n) is 2.81. The van der Waals surface area contributed by atoms with Crippen LogP contribution in [0.5, 0.6) is 0 Å². The minimum Gasteiger partial charge on any atom is -0.344 e. The summed E-state index contributed by atoms with van der Waals surface area (Å²) in [5.41, 5.74) is 5.27. The van der Waals surface area contributed by atoms with Gasteiger partial charge in [0, 0.05) is 20.1 Å². The number of carbonyl (C=O) groups excluding carboxylic acids is 1. The minimum atomic E-state index is -0.288. The fourth-order valence-corrected chi connectivity index (χ4v) is 1.60. The van der Waals surface area contributed by atoms with Crippen molar-refractivity contribution in [3.63, 3.8) is 0 Å². The van der Waals surface area contributed by atoms with Gasteiger partial charge in [-0.05, 0) is 19.8 Å². The molecule has 0 aromatic carbocycles. The Bertz CT molecular complexity index is 265. The average molecular weight is 195 g/mol. The van der Waals surface area contributed by atoms with Gasteiger partial charge in [0.1, 0.15) is 0 Å². The van der Waals surface area contributed by atoms with Gasteiger partial charge in [-0.25, -0.2) is 0 Å². The van der Waals surface area contributed by atoms with E-state index in [1.165, 1.54) is 0 Å². The monoisotopic (exact) mass is 195 g/mol. The van der Waals surface area contributed by atoms with Crippen LogP contribution in [0.1, 0.15) is 19.8 Å². The number of nitriles is 1. The predicted molar refractivity (Wildman–Crippen MR) is 53.1 cm³/mol. The Balaban J connectivity index is 2.50. The van der Waals surface area contributed by atoms with Gasteiger partial charge in [-0.15, -0.1) is 0 Å². The number of amides is 1. The zero-order valence-corrected chi connectivity index (χ0v) is 8.79. The van der Waals surface area contributed by atoms with Crippen LogP contribution in [0, 0.1) is 22.7 Å². The molecule has 1 amide bonds. The van der Waals surface area contributed by atoms with Gasteiger partial charge in [0.15, 0.2) is 0 Å². The molecule has 0 aromatic rings. The maximum Gasteiger partial charge on any atom is 0.229 e. The number of hydrogen-bond donors (Lipinski definition) is 1. The summed E-state index contributed by atoms with van der Waals surface area (Å²) >= 11 is 0. The molecule has 0 aromatic heterocycles. The first kappa shape index (κ1) is 11.0. The quantitative estimate of drug-likeness (QED) is 0.703. The van der Waals surface area contributed by atoms with E-state index >= 15 is 0 Å². The summed E-state index contributed by atoms with van der Waals surface area (Å²) < 4.78 is 0. The third kappa shape index (κ3) is 2.05. The van der Waals surface area contributed by atoms with E-state index in [9.17, 15) is 4.79 Å². The molecule has 1 aliphatic carbocycles. The Hall–Kier alpha value is -1.08. The van der Waals surface area contributed by atoms with Crippen LogP contribution in [0.25, 0.3) is 0 Å². The van der Waals surface area contributed by atoms with E-state index in [4.69, 9.17) is 11.0 Å². The lowest BCUT2D eigenvalue weighted by atomic mass is 10.1. The van der Waals surface area contributed by atoms with Crippen LogP contribution < -0.4 is 5.73 Å². The van der Waals surface area contributed by atoms with Crippen LogP contribution in [-0.4, -0.2) is 30.9 Å². The van der Waals surface area contributed by atoms with Crippen molar-refractivity contribution in [2.75, 3.05) is 20.1 Å². The molecular weight excluding hydrogens is 178 g/mol. The summed E-state index contributed by atoms with van der Waals surface area (Å²) in [6.07, 6.45) is 1.79. The smallest absolute Gasteiger partial charge is 0.229 e. The van der Waals surface area contributed by atoms with Crippen molar-refractivity contribution in [1.82, 2.24) is 4.90 Å². The molecular formula is C10H17N3O. The van der Waals surface area contributed by atoms with Gasteiger partial charge >= 0.3 is 0 Å². The van der Waals surface area contributed by atoms with Crippen molar-refractivity contribution in [2.24, 2.45) is 17.1 Å². The van der Waals surface area contributed by atoms with Gasteiger partial charge < -0.3 is 10.6 Å². The number of rotatable bonds is 4. The first-order chi connectivity index (χ1) is 6.55. The van der Waals surface area contributed by atoms with Crippen LogP contribution in [0.2, 0.25) is 0 Å². The SMILES string of the molecule is CC(C#N)CN(C)C(=O)C1(CN)CC1. The highest BCUT2D eigenvalue weighted by Gasteiger charge is 2.49. The average Bonchev–Trinajstić information content (AvgIpc) is 2.97. The lowest BCUT2D eigenvalue weighted by Gasteiger charge is -2.23. The molecule has 14 heavy (non-hydrogen) atoms. The van der Waals surface area contributed by atoms with Gasteiger partial charge in [-0.2, -0.15) is 5.26 Å². The molecule has 0 radical (unpaired) electrons. The second-order valence-corrected chi connectivity index (χ2v) is 4.20. The largest absolute Gasteiger partial charge is 0.344 e. The maximum absolute atomic E-state index is 11.8. The lowest BCUT2D eigenvalue weighted by molar-refractivity contribution is -0.135. The van der Waals surface area contributed by atoms with E-state index in [0.717, 1.165) is 12.8 Å². The van der Waals surface area contributed by atoms with Crippen molar-refractivity contribution >= 4 is 5.91 Å². The molecule has 2 N–H and O–H groups in total. The Kier molecular flexibility index (Phi) is 3.12. The summed E-state index contributed by atoms with van der Waals surface area (Å²) in [6.45, 7) is 2.74. The zero-order valence-electron chi connectivity index (χ0n) is 8.79. The molecule has 0 spiro atoms. The van der Waals surface area contributed by atoms with E-state index in [-0.39, 0.29) is 17.2 Å². The van der Waals surface area contributed by atoms with Crippen molar-refractivity contribution in [3.8, 4) is 6.07 Å². The topological polar surface area (TPSA) is 70.1 Å². The predicted octanol–water partition coefficient (Wildman–Crippen LogP) is 0.343. The molecule has 1 aliphatic rings.